The summed E-state index contributed by atoms with van der Waals surface area (Å²) in [7, 11) is 0.412. The Kier molecular flexibility index (Phi) is 5.95. The summed E-state index contributed by atoms with van der Waals surface area (Å²) < 4.78 is 28.8. The van der Waals surface area contributed by atoms with Crippen LogP contribution in [0.4, 0.5) is 5.69 Å². The fraction of sp³-hybridized carbons (Fsp3) is 0.632. The van der Waals surface area contributed by atoms with Gasteiger partial charge >= 0.3 is 0 Å². The van der Waals surface area contributed by atoms with Crippen molar-refractivity contribution in [3.05, 3.63) is 24.3 Å². The molecular weight excluding hydrogens is 366 g/mol. The van der Waals surface area contributed by atoms with Crippen LogP contribution in [0.25, 0.3) is 0 Å². The van der Waals surface area contributed by atoms with Gasteiger partial charge in [-0.05, 0) is 25.5 Å². The Bertz CT molecular complexity index is 775. The quantitative estimate of drug-likeness (QED) is 0.736. The highest BCUT2D eigenvalue weighted by Crippen LogP contribution is 2.28. The molecule has 2 aliphatic heterocycles. The zero-order valence-electron chi connectivity index (χ0n) is 16.3. The van der Waals surface area contributed by atoms with Crippen molar-refractivity contribution in [2.24, 2.45) is 0 Å². The summed E-state index contributed by atoms with van der Waals surface area (Å²) in [6.07, 6.45) is 0.541. The Hall–Kier alpha value is -1.80. The van der Waals surface area contributed by atoms with E-state index >= 15 is 0 Å². The lowest BCUT2D eigenvalue weighted by Gasteiger charge is -2.40. The number of likely N-dealkylation sites (N-methyl/N-ethyl adjacent to an activating group) is 1. The van der Waals surface area contributed by atoms with Crippen molar-refractivity contribution in [1.82, 2.24) is 9.80 Å². The maximum Gasteiger partial charge on any atom is 0.239 e. The van der Waals surface area contributed by atoms with Crippen molar-refractivity contribution >= 4 is 21.4 Å². The topological polar surface area (TPSA) is 70.2 Å². The Morgan fingerprint density at radius 3 is 2.48 bits per heavy atom. The van der Waals surface area contributed by atoms with Crippen LogP contribution >= 0.6 is 0 Å². The lowest BCUT2D eigenvalue weighted by Crippen LogP contribution is -2.55. The number of amides is 1. The largest absolute Gasteiger partial charge is 0.495 e. The maximum atomic E-state index is 12.8. The van der Waals surface area contributed by atoms with Crippen LogP contribution in [0.1, 0.15) is 13.3 Å². The molecule has 2 heterocycles. The number of ether oxygens (including phenoxy) is 1. The van der Waals surface area contributed by atoms with E-state index in [9.17, 15) is 13.2 Å². The predicted octanol–water partition coefficient (Wildman–Crippen LogP) is 0.851. The number of carbonyl (C=O) groups excluding carboxylic acids is 1. The van der Waals surface area contributed by atoms with Gasteiger partial charge in [0, 0.05) is 39.3 Å². The Morgan fingerprint density at radius 2 is 1.89 bits per heavy atom. The molecular formula is C19H29N3O4S. The summed E-state index contributed by atoms with van der Waals surface area (Å²) in [6.45, 7) is 5.11. The molecule has 2 saturated heterocycles. The maximum absolute atomic E-state index is 12.8. The van der Waals surface area contributed by atoms with E-state index in [1.165, 1.54) is 0 Å². The number of benzene rings is 1. The number of hydrogen-bond donors (Lipinski definition) is 0. The van der Waals surface area contributed by atoms with E-state index in [4.69, 9.17) is 4.74 Å². The highest BCUT2D eigenvalue weighted by Gasteiger charge is 2.36. The minimum absolute atomic E-state index is 0.00263. The minimum Gasteiger partial charge on any atom is -0.495 e. The molecule has 0 aliphatic carbocycles. The highest BCUT2D eigenvalue weighted by molar-refractivity contribution is 7.91. The number of sulfone groups is 1. The number of hydrogen-bond acceptors (Lipinski definition) is 6. The first kappa shape index (κ1) is 19.9. The fourth-order valence-corrected chi connectivity index (χ4v) is 5.73. The normalized spacial score (nSPS) is 23.8. The molecule has 2 aliphatic rings. The monoisotopic (exact) mass is 395 g/mol. The van der Waals surface area contributed by atoms with Gasteiger partial charge in [0.15, 0.2) is 9.84 Å². The fourth-order valence-electron chi connectivity index (χ4n) is 3.95. The zero-order valence-corrected chi connectivity index (χ0v) is 17.1. The summed E-state index contributed by atoms with van der Waals surface area (Å²) in [5.41, 5.74) is 1.08. The van der Waals surface area contributed by atoms with Crippen LogP contribution in [0.2, 0.25) is 0 Å². The molecule has 2 fully saturated rings. The lowest BCUT2D eigenvalue weighted by atomic mass is 10.1. The highest BCUT2D eigenvalue weighted by atomic mass is 32.2. The first-order valence-electron chi connectivity index (χ1n) is 9.41. The third-order valence-electron chi connectivity index (χ3n) is 5.75. The van der Waals surface area contributed by atoms with Gasteiger partial charge in [0.1, 0.15) is 5.75 Å². The van der Waals surface area contributed by atoms with Gasteiger partial charge in [0.25, 0.3) is 0 Å². The molecule has 0 saturated carbocycles. The number of anilines is 1. The first-order chi connectivity index (χ1) is 12.8. The van der Waals surface area contributed by atoms with Gasteiger partial charge in [0.2, 0.25) is 5.91 Å². The van der Waals surface area contributed by atoms with Crippen LogP contribution < -0.4 is 9.64 Å². The van der Waals surface area contributed by atoms with E-state index in [0.717, 1.165) is 37.6 Å². The number of rotatable bonds is 5. The third kappa shape index (κ3) is 4.38. The van der Waals surface area contributed by atoms with Crippen LogP contribution in [0.15, 0.2) is 24.3 Å². The Balaban J connectivity index is 1.58. The number of piperazine rings is 1. The summed E-state index contributed by atoms with van der Waals surface area (Å²) >= 11 is 0. The Morgan fingerprint density at radius 1 is 1.22 bits per heavy atom. The summed E-state index contributed by atoms with van der Waals surface area (Å²) in [5, 5.41) is 0. The molecule has 2 atom stereocenters. The van der Waals surface area contributed by atoms with Crippen LogP contribution in [0.3, 0.4) is 0 Å². The van der Waals surface area contributed by atoms with Crippen LogP contribution in [-0.2, 0) is 14.6 Å². The standard InChI is InChI=1S/C19H29N3O4S/c1-15(19(23)20(2)16-8-13-27(24,25)14-16)21-9-11-22(12-10-21)17-6-4-5-7-18(17)26-3/h4-7,15-16H,8-14H2,1-3H3/t15-,16-/m0/s1. The zero-order chi connectivity index (χ0) is 19.6. The summed E-state index contributed by atoms with van der Waals surface area (Å²) in [6, 6.07) is 7.52. The van der Waals surface area contributed by atoms with Gasteiger partial charge in [-0.1, -0.05) is 12.1 Å². The van der Waals surface area contributed by atoms with Gasteiger partial charge < -0.3 is 14.5 Å². The van der Waals surface area contributed by atoms with Crippen molar-refractivity contribution in [2.75, 3.05) is 56.7 Å². The van der Waals surface area contributed by atoms with E-state index in [1.807, 2.05) is 25.1 Å². The van der Waals surface area contributed by atoms with E-state index < -0.39 is 9.84 Å². The van der Waals surface area contributed by atoms with E-state index in [1.54, 1.807) is 19.1 Å². The summed E-state index contributed by atoms with van der Waals surface area (Å²) in [5.74, 6) is 1.13. The van der Waals surface area contributed by atoms with Gasteiger partial charge in [0.05, 0.1) is 30.3 Å². The van der Waals surface area contributed by atoms with Crippen molar-refractivity contribution in [3.8, 4) is 5.75 Å². The number of carbonyl (C=O) groups is 1. The molecule has 0 N–H and O–H groups in total. The second-order valence-corrected chi connectivity index (χ2v) is 9.61. The molecule has 27 heavy (non-hydrogen) atoms. The Labute approximate surface area is 161 Å². The summed E-state index contributed by atoms with van der Waals surface area (Å²) in [4.78, 5) is 18.9. The molecule has 0 unspecified atom stereocenters. The van der Waals surface area contributed by atoms with Crippen LogP contribution in [-0.4, -0.2) is 88.1 Å². The molecule has 0 radical (unpaired) electrons. The smallest absolute Gasteiger partial charge is 0.239 e. The SMILES string of the molecule is COc1ccccc1N1CCN([C@@H](C)C(=O)N(C)[C@H]2CCS(=O)(=O)C2)CC1. The number of nitrogens with zero attached hydrogens (tertiary/aromatic N) is 3. The van der Waals surface area contributed by atoms with E-state index in [2.05, 4.69) is 15.9 Å². The van der Waals surface area contributed by atoms with E-state index in [0.29, 0.717) is 6.42 Å². The molecule has 0 bridgehead atoms. The second-order valence-electron chi connectivity index (χ2n) is 7.38. The molecule has 3 rings (SSSR count). The molecule has 8 heteroatoms. The number of para-hydroxylation sites is 2. The molecule has 1 aromatic rings. The van der Waals surface area contributed by atoms with E-state index in [-0.39, 0.29) is 29.5 Å². The predicted molar refractivity (Wildman–Crippen MR) is 106 cm³/mol. The van der Waals surface area contributed by atoms with Crippen molar-refractivity contribution < 1.29 is 17.9 Å². The van der Waals surface area contributed by atoms with Gasteiger partial charge in [-0.25, -0.2) is 8.42 Å². The molecule has 150 valence electrons. The second kappa shape index (κ2) is 8.06. The third-order valence-corrected chi connectivity index (χ3v) is 7.50. The first-order valence-corrected chi connectivity index (χ1v) is 11.2. The van der Waals surface area contributed by atoms with Gasteiger partial charge in [-0.3, -0.25) is 9.69 Å². The number of methoxy groups -OCH3 is 1. The minimum atomic E-state index is -3.00. The molecule has 7 nitrogen and oxygen atoms in total. The lowest BCUT2D eigenvalue weighted by molar-refractivity contribution is -0.136. The van der Waals surface area contributed by atoms with Crippen molar-refractivity contribution in [1.29, 1.82) is 0 Å². The van der Waals surface area contributed by atoms with Gasteiger partial charge in [-0.15, -0.1) is 0 Å². The molecule has 0 aromatic heterocycles. The average molecular weight is 396 g/mol. The van der Waals surface area contributed by atoms with Gasteiger partial charge in [-0.2, -0.15) is 0 Å². The average Bonchev–Trinajstić information content (AvgIpc) is 3.06. The molecule has 1 aromatic carbocycles. The van der Waals surface area contributed by atoms with Crippen LogP contribution in [0.5, 0.6) is 5.75 Å². The van der Waals surface area contributed by atoms with Crippen LogP contribution in [0, 0.1) is 0 Å². The van der Waals surface area contributed by atoms with Crippen molar-refractivity contribution in [3.63, 3.8) is 0 Å². The van der Waals surface area contributed by atoms with Crippen molar-refractivity contribution in [2.45, 2.75) is 25.4 Å². The molecule has 1 amide bonds. The molecule has 0 spiro atoms.